The molecule has 9 nitrogen and oxygen atoms in total. The number of anilines is 1. The zero-order valence-electron chi connectivity index (χ0n) is 17.8. The summed E-state index contributed by atoms with van der Waals surface area (Å²) in [7, 11) is 2.43. The molecule has 0 radical (unpaired) electrons. The first-order valence-corrected chi connectivity index (χ1v) is 9.62. The van der Waals surface area contributed by atoms with Crippen LogP contribution in [0, 0.1) is 0 Å². The maximum atomic E-state index is 12.2. The highest BCUT2D eigenvalue weighted by Gasteiger charge is 2.19. The topological polar surface area (TPSA) is 121 Å². The van der Waals surface area contributed by atoms with Crippen molar-refractivity contribution in [3.05, 3.63) is 60.4 Å². The van der Waals surface area contributed by atoms with E-state index < -0.39 is 11.9 Å². The van der Waals surface area contributed by atoms with E-state index in [0.29, 0.717) is 6.54 Å². The van der Waals surface area contributed by atoms with Gasteiger partial charge in [-0.2, -0.15) is 0 Å². The molecular weight excluding hydrogens is 402 g/mol. The number of hydrogen-bond acceptors (Lipinski definition) is 8. The Morgan fingerprint density at radius 1 is 0.871 bits per heavy atom. The van der Waals surface area contributed by atoms with E-state index >= 15 is 0 Å². The van der Waals surface area contributed by atoms with Gasteiger partial charge in [-0.25, -0.2) is 0 Å². The zero-order chi connectivity index (χ0) is 21.8. The van der Waals surface area contributed by atoms with Crippen molar-refractivity contribution in [3.63, 3.8) is 0 Å². The molecule has 1 aromatic carbocycles. The molecule has 2 N–H and O–H groups in total. The van der Waals surface area contributed by atoms with E-state index in [2.05, 4.69) is 24.3 Å². The van der Waals surface area contributed by atoms with Crippen LogP contribution in [0.5, 0.6) is 0 Å². The molecule has 2 heterocycles. The molecular formula is C22H29N3O6. The fourth-order valence-corrected chi connectivity index (χ4v) is 2.90. The fraction of sp³-hybridized carbons (Fsp3) is 0.364. The summed E-state index contributed by atoms with van der Waals surface area (Å²) in [5.74, 6) is -0.961. The van der Waals surface area contributed by atoms with E-state index in [-0.39, 0.29) is 17.7 Å². The Morgan fingerprint density at radius 2 is 1.42 bits per heavy atom. The second-order valence-electron chi connectivity index (χ2n) is 6.59. The Bertz CT molecular complexity index is 795. The second kappa shape index (κ2) is 13.8. The Kier molecular flexibility index (Phi) is 11.5. The summed E-state index contributed by atoms with van der Waals surface area (Å²) in [4.78, 5) is 41.3. The number of methoxy groups -OCH3 is 2. The molecule has 0 atom stereocenters. The highest BCUT2D eigenvalue weighted by atomic mass is 16.5. The van der Waals surface area contributed by atoms with Crippen LogP contribution < -0.4 is 4.90 Å². The normalized spacial score (nSPS) is 13.2. The molecule has 1 aliphatic rings. The molecule has 9 heteroatoms. The van der Waals surface area contributed by atoms with E-state index in [0.717, 1.165) is 31.7 Å². The number of pyridine rings is 1. The number of Topliss-reactive ketones (excluding diaryl/α,β-unsaturated/α-hetero) is 1. The summed E-state index contributed by atoms with van der Waals surface area (Å²) in [5, 5.41) is 0. The lowest BCUT2D eigenvalue weighted by molar-refractivity contribution is -0.151. The number of nitrogens with zero attached hydrogens (tertiary/aromatic N) is 3. The first kappa shape index (κ1) is 25.7. The molecule has 0 saturated carbocycles. The van der Waals surface area contributed by atoms with Crippen molar-refractivity contribution < 1.29 is 29.3 Å². The van der Waals surface area contributed by atoms with Gasteiger partial charge in [-0.1, -0.05) is 30.3 Å². The quantitative estimate of drug-likeness (QED) is 0.377. The summed E-state index contributed by atoms with van der Waals surface area (Å²) in [6.07, 6.45) is 3.33. The van der Waals surface area contributed by atoms with Gasteiger partial charge in [0.15, 0.2) is 5.78 Å². The van der Waals surface area contributed by atoms with Crippen LogP contribution in [0.15, 0.2) is 54.9 Å². The Morgan fingerprint density at radius 3 is 1.94 bits per heavy atom. The van der Waals surface area contributed by atoms with Gasteiger partial charge in [-0.15, -0.1) is 0 Å². The van der Waals surface area contributed by atoms with Gasteiger partial charge in [0.25, 0.3) is 0 Å². The number of piperazine rings is 1. The van der Waals surface area contributed by atoms with E-state index in [4.69, 9.17) is 0 Å². The Balaban J connectivity index is 0.000000413. The molecule has 31 heavy (non-hydrogen) atoms. The summed E-state index contributed by atoms with van der Waals surface area (Å²) in [5.41, 5.74) is 2.01. The average molecular weight is 431 g/mol. The van der Waals surface area contributed by atoms with Crippen LogP contribution in [0.4, 0.5) is 5.69 Å². The molecule has 0 unspecified atom stereocenters. The van der Waals surface area contributed by atoms with E-state index in [1.165, 1.54) is 19.9 Å². The third kappa shape index (κ3) is 8.93. The first-order chi connectivity index (χ1) is 14.5. The van der Waals surface area contributed by atoms with Gasteiger partial charge >= 0.3 is 11.9 Å². The number of carbonyl (C=O) groups excluding carboxylic acids is 3. The minimum Gasteiger partial charge on any atom is -0.469 e. The van der Waals surface area contributed by atoms with Gasteiger partial charge in [-0.3, -0.25) is 24.3 Å². The molecule has 1 saturated heterocycles. The SMILES string of the molecule is COC(=O)CC(=O)OC.O.O=C(CN1CCN(c2ccncc2)CC1)c1ccccc1. The van der Waals surface area contributed by atoms with Gasteiger partial charge in [0.2, 0.25) is 0 Å². The number of benzene rings is 1. The average Bonchev–Trinajstić information content (AvgIpc) is 2.81. The van der Waals surface area contributed by atoms with Crippen molar-refractivity contribution in [2.24, 2.45) is 0 Å². The van der Waals surface area contributed by atoms with E-state index in [9.17, 15) is 14.4 Å². The lowest BCUT2D eigenvalue weighted by Gasteiger charge is -2.35. The predicted octanol–water partition coefficient (Wildman–Crippen LogP) is 0.984. The smallest absolute Gasteiger partial charge is 0.316 e. The van der Waals surface area contributed by atoms with Crippen LogP contribution >= 0.6 is 0 Å². The minimum absolute atomic E-state index is 0. The van der Waals surface area contributed by atoms with Gasteiger partial charge in [0.05, 0.1) is 20.8 Å². The largest absolute Gasteiger partial charge is 0.469 e. The van der Waals surface area contributed by atoms with Crippen molar-refractivity contribution in [1.82, 2.24) is 9.88 Å². The van der Waals surface area contributed by atoms with Gasteiger partial charge in [0.1, 0.15) is 6.42 Å². The molecule has 0 aliphatic carbocycles. The van der Waals surface area contributed by atoms with Crippen LogP contribution in [-0.4, -0.2) is 80.0 Å². The lowest BCUT2D eigenvalue weighted by Crippen LogP contribution is -2.48. The lowest BCUT2D eigenvalue weighted by atomic mass is 10.1. The second-order valence-corrected chi connectivity index (χ2v) is 6.59. The maximum Gasteiger partial charge on any atom is 0.316 e. The number of ether oxygens (including phenoxy) is 2. The first-order valence-electron chi connectivity index (χ1n) is 9.62. The monoisotopic (exact) mass is 431 g/mol. The predicted molar refractivity (Wildman–Crippen MR) is 116 cm³/mol. The van der Waals surface area contributed by atoms with Crippen LogP contribution in [0.1, 0.15) is 16.8 Å². The van der Waals surface area contributed by atoms with Gasteiger partial charge in [-0.05, 0) is 12.1 Å². The highest BCUT2D eigenvalue weighted by molar-refractivity contribution is 5.97. The van der Waals surface area contributed by atoms with Crippen LogP contribution in [-0.2, 0) is 19.1 Å². The summed E-state index contributed by atoms with van der Waals surface area (Å²) >= 11 is 0. The molecule has 1 fully saturated rings. The molecule has 3 rings (SSSR count). The summed E-state index contributed by atoms with van der Waals surface area (Å²) in [6, 6.07) is 13.6. The molecule has 1 aromatic heterocycles. The number of ketones is 1. The minimum atomic E-state index is -0.582. The van der Waals surface area contributed by atoms with Crippen LogP contribution in [0.2, 0.25) is 0 Å². The van der Waals surface area contributed by atoms with Crippen molar-refractivity contribution in [2.75, 3.05) is 51.8 Å². The van der Waals surface area contributed by atoms with E-state index in [1.54, 1.807) is 0 Å². The van der Waals surface area contributed by atoms with Crippen molar-refractivity contribution in [2.45, 2.75) is 6.42 Å². The number of esters is 2. The zero-order valence-corrected chi connectivity index (χ0v) is 17.8. The van der Waals surface area contributed by atoms with Gasteiger partial charge < -0.3 is 19.8 Å². The summed E-state index contributed by atoms with van der Waals surface area (Å²) in [6.45, 7) is 4.24. The molecule has 0 amide bonds. The van der Waals surface area contributed by atoms with Crippen molar-refractivity contribution >= 4 is 23.4 Å². The third-order valence-corrected chi connectivity index (χ3v) is 4.61. The molecule has 0 bridgehead atoms. The number of carbonyl (C=O) groups is 3. The number of rotatable bonds is 6. The van der Waals surface area contributed by atoms with Crippen molar-refractivity contribution in [3.8, 4) is 0 Å². The van der Waals surface area contributed by atoms with Crippen molar-refractivity contribution in [1.29, 1.82) is 0 Å². The maximum absolute atomic E-state index is 12.2. The number of hydrogen-bond donors (Lipinski definition) is 0. The summed E-state index contributed by atoms with van der Waals surface area (Å²) < 4.78 is 8.37. The standard InChI is InChI=1S/C17H19N3O.C5H8O4.H2O/c21-17(15-4-2-1-3-5-15)14-19-10-12-20(13-11-19)16-6-8-18-9-7-16;1-8-4(6)3-5(7)9-2;/h1-9H,10-14H2;3H2,1-2H3;1H2. The van der Waals surface area contributed by atoms with Crippen LogP contribution in [0.3, 0.4) is 0 Å². The molecule has 168 valence electrons. The number of aromatic nitrogens is 1. The molecule has 1 aliphatic heterocycles. The van der Waals surface area contributed by atoms with Gasteiger partial charge in [0, 0.05) is 49.8 Å². The molecule has 0 spiro atoms. The molecule has 2 aromatic rings. The third-order valence-electron chi connectivity index (χ3n) is 4.61. The fourth-order valence-electron chi connectivity index (χ4n) is 2.90. The Labute approximate surface area is 181 Å². The Hall–Kier alpha value is -3.30. The van der Waals surface area contributed by atoms with E-state index in [1.807, 2.05) is 54.9 Å². The highest BCUT2D eigenvalue weighted by Crippen LogP contribution is 2.15. The van der Waals surface area contributed by atoms with Crippen LogP contribution in [0.25, 0.3) is 0 Å².